The van der Waals surface area contributed by atoms with E-state index in [0.29, 0.717) is 22.4 Å². The maximum Gasteiger partial charge on any atom is 0.339 e. The number of aromatic hydroxyl groups is 3. The van der Waals surface area contributed by atoms with Crippen LogP contribution in [0.25, 0.3) is 0 Å². The van der Waals surface area contributed by atoms with E-state index in [1.165, 1.54) is 68.8 Å². The summed E-state index contributed by atoms with van der Waals surface area (Å²) in [6, 6.07) is 23.3. The van der Waals surface area contributed by atoms with Crippen molar-refractivity contribution in [3.63, 3.8) is 0 Å². The van der Waals surface area contributed by atoms with Gasteiger partial charge in [0.2, 0.25) is 5.91 Å². The highest BCUT2D eigenvalue weighted by Crippen LogP contribution is 2.40. The molecule has 60 heavy (non-hydrogen) atoms. The number of methoxy groups -OCH3 is 2. The first-order valence-corrected chi connectivity index (χ1v) is 18.3. The van der Waals surface area contributed by atoms with Gasteiger partial charge in [-0.25, -0.2) is 4.79 Å². The first-order valence-electron chi connectivity index (χ1n) is 18.3. The number of carbonyl (C=O) groups excluding carboxylic acids is 5. The Morgan fingerprint density at radius 1 is 0.600 bits per heavy atom. The summed E-state index contributed by atoms with van der Waals surface area (Å²) in [6.07, 6.45) is 0.0147. The number of phenols is 3. The molecular formula is C44H42N4O12. The number of anilines is 3. The lowest BCUT2D eigenvalue weighted by Crippen LogP contribution is -2.33. The Labute approximate surface area is 344 Å². The number of benzene rings is 5. The highest BCUT2D eigenvalue weighted by atomic mass is 16.5. The van der Waals surface area contributed by atoms with Crippen LogP contribution in [0.5, 0.6) is 28.7 Å². The molecule has 0 spiro atoms. The van der Waals surface area contributed by atoms with E-state index in [1.807, 2.05) is 0 Å². The quantitative estimate of drug-likeness (QED) is 0.0547. The highest BCUT2D eigenvalue weighted by Gasteiger charge is 2.26. The summed E-state index contributed by atoms with van der Waals surface area (Å²) < 4.78 is 10.4. The number of carboxylic acids is 1. The van der Waals surface area contributed by atoms with Gasteiger partial charge in [0.1, 0.15) is 11.3 Å². The minimum Gasteiger partial charge on any atom is -0.508 e. The smallest absolute Gasteiger partial charge is 0.339 e. The van der Waals surface area contributed by atoms with Crippen LogP contribution < -0.4 is 25.4 Å². The van der Waals surface area contributed by atoms with Gasteiger partial charge in [-0.1, -0.05) is 24.3 Å². The zero-order valence-corrected chi connectivity index (χ0v) is 32.9. The fourth-order valence-corrected chi connectivity index (χ4v) is 6.21. The molecule has 0 unspecified atom stereocenters. The number of nitrogens with one attached hydrogen (secondary N) is 3. The van der Waals surface area contributed by atoms with Crippen molar-refractivity contribution in [2.45, 2.75) is 12.8 Å². The monoisotopic (exact) mass is 818 g/mol. The SMILES string of the molecule is COc1c(NC(=O)c2ccc(NC(=O)c3ccc(NC(=O)[C@@H](CC(=O)c4ccc(CC(=O)c5ccc(O)cc5)cc4)CN(C)C)cc3)c(OC)c2O)ccc(C(=O)O)c1O. The van der Waals surface area contributed by atoms with Crippen molar-refractivity contribution in [3.8, 4) is 28.7 Å². The lowest BCUT2D eigenvalue weighted by atomic mass is 9.95. The maximum atomic E-state index is 13.4. The summed E-state index contributed by atoms with van der Waals surface area (Å²) >= 11 is 0. The predicted octanol–water partition coefficient (Wildman–Crippen LogP) is 5.84. The Hall–Kier alpha value is -7.72. The molecule has 0 radical (unpaired) electrons. The van der Waals surface area contributed by atoms with E-state index in [0.717, 1.165) is 6.07 Å². The molecule has 310 valence electrons. The van der Waals surface area contributed by atoms with Gasteiger partial charge in [0.05, 0.1) is 37.1 Å². The van der Waals surface area contributed by atoms with Crippen molar-refractivity contribution in [2.24, 2.45) is 5.92 Å². The number of phenolic OH excluding ortho intramolecular Hbond substituents is 2. The number of ketones is 2. The van der Waals surface area contributed by atoms with Crippen LogP contribution in [-0.4, -0.2) is 95.4 Å². The van der Waals surface area contributed by atoms with Crippen molar-refractivity contribution < 1.29 is 58.7 Å². The molecular weight excluding hydrogens is 776 g/mol. The molecule has 16 nitrogen and oxygen atoms in total. The third-order valence-electron chi connectivity index (χ3n) is 9.28. The molecule has 0 fully saturated rings. The van der Waals surface area contributed by atoms with Crippen LogP contribution in [0.1, 0.15) is 63.8 Å². The van der Waals surface area contributed by atoms with E-state index in [4.69, 9.17) is 9.47 Å². The number of amides is 3. The number of aromatic carboxylic acids is 1. The first-order chi connectivity index (χ1) is 28.6. The molecule has 1 atom stereocenters. The van der Waals surface area contributed by atoms with E-state index >= 15 is 0 Å². The maximum absolute atomic E-state index is 13.4. The minimum absolute atomic E-state index is 0.0170. The number of hydrogen-bond acceptors (Lipinski definition) is 12. The fourth-order valence-electron chi connectivity index (χ4n) is 6.21. The molecule has 16 heteroatoms. The summed E-state index contributed by atoms with van der Waals surface area (Å²) in [5.41, 5.74) is 1.28. The van der Waals surface area contributed by atoms with Gasteiger partial charge in [-0.2, -0.15) is 0 Å². The second kappa shape index (κ2) is 19.1. The second-order valence-corrected chi connectivity index (χ2v) is 13.8. The van der Waals surface area contributed by atoms with Crippen LogP contribution in [0.3, 0.4) is 0 Å². The number of carbonyl (C=O) groups is 6. The van der Waals surface area contributed by atoms with Gasteiger partial charge in [-0.3, -0.25) is 24.0 Å². The predicted molar refractivity (Wildman–Crippen MR) is 221 cm³/mol. The lowest BCUT2D eigenvalue weighted by molar-refractivity contribution is -0.120. The van der Waals surface area contributed by atoms with Gasteiger partial charge in [-0.05, 0) is 92.5 Å². The van der Waals surface area contributed by atoms with Gasteiger partial charge in [0, 0.05) is 41.8 Å². The normalized spacial score (nSPS) is 11.3. The Kier molecular flexibility index (Phi) is 13.9. The number of ether oxygens (including phenoxy) is 2. The standard InChI is InChI=1S/C44H42N4O12/c1-48(2)23-28(22-36(51)25-7-5-24(6-8-25)21-35(50)26-11-15-30(49)16-12-26)42(55)45-29-13-9-27(10-14-29)41(54)46-33-19-17-31(37(52)39(33)59-3)43(56)47-34-20-18-32(44(57)58)38(53)40(34)60-4/h5-20,28,49,52-53H,21-23H2,1-4H3,(H,45,55)(H,46,54)(H,47,56)(H,57,58)/t28-/m0/s1. The number of rotatable bonds is 17. The average Bonchev–Trinajstić information content (AvgIpc) is 3.21. The van der Waals surface area contributed by atoms with Crippen molar-refractivity contribution in [3.05, 3.63) is 130 Å². The largest absolute Gasteiger partial charge is 0.508 e. The van der Waals surface area contributed by atoms with Crippen molar-refractivity contribution in [2.75, 3.05) is 50.8 Å². The van der Waals surface area contributed by atoms with E-state index < -0.39 is 46.7 Å². The van der Waals surface area contributed by atoms with Gasteiger partial charge >= 0.3 is 5.97 Å². The van der Waals surface area contributed by atoms with Crippen LogP contribution in [0.4, 0.5) is 17.1 Å². The number of hydrogen-bond donors (Lipinski definition) is 7. The minimum atomic E-state index is -1.41. The molecule has 0 aromatic heterocycles. The summed E-state index contributed by atoms with van der Waals surface area (Å²) in [4.78, 5) is 78.9. The topological polar surface area (TPSA) is 241 Å². The van der Waals surface area contributed by atoms with E-state index in [-0.39, 0.29) is 70.7 Å². The van der Waals surface area contributed by atoms with Crippen LogP contribution in [0.2, 0.25) is 0 Å². The molecule has 5 aromatic rings. The molecule has 0 aliphatic heterocycles. The molecule has 0 heterocycles. The molecule has 5 rings (SSSR count). The zero-order chi connectivity index (χ0) is 43.7. The average molecular weight is 819 g/mol. The summed E-state index contributed by atoms with van der Waals surface area (Å²) in [5, 5.41) is 47.8. The summed E-state index contributed by atoms with van der Waals surface area (Å²) in [5.74, 6) is -6.28. The van der Waals surface area contributed by atoms with Gasteiger partial charge in [0.15, 0.2) is 34.6 Å². The highest BCUT2D eigenvalue weighted by molar-refractivity contribution is 6.10. The Morgan fingerprint density at radius 3 is 1.65 bits per heavy atom. The van der Waals surface area contributed by atoms with Crippen LogP contribution in [0.15, 0.2) is 97.1 Å². The molecule has 0 aliphatic carbocycles. The van der Waals surface area contributed by atoms with Crippen molar-refractivity contribution in [1.82, 2.24) is 4.90 Å². The molecule has 0 aliphatic rings. The summed E-state index contributed by atoms with van der Waals surface area (Å²) in [6.45, 7) is 0.268. The Morgan fingerprint density at radius 2 is 1.10 bits per heavy atom. The van der Waals surface area contributed by atoms with Crippen LogP contribution in [0, 0.1) is 5.92 Å². The number of nitrogens with zero attached hydrogens (tertiary/aromatic N) is 1. The van der Waals surface area contributed by atoms with E-state index in [9.17, 15) is 49.2 Å². The zero-order valence-electron chi connectivity index (χ0n) is 32.9. The lowest BCUT2D eigenvalue weighted by Gasteiger charge is -2.20. The molecule has 0 saturated carbocycles. The van der Waals surface area contributed by atoms with Crippen LogP contribution >= 0.6 is 0 Å². The molecule has 0 bridgehead atoms. The first kappa shape index (κ1) is 43.4. The number of carboxylic acid groups (broad SMARTS) is 1. The third kappa shape index (κ3) is 10.4. The molecule has 0 saturated heterocycles. The molecule has 5 aromatic carbocycles. The van der Waals surface area contributed by atoms with Gasteiger partial charge in [0.25, 0.3) is 11.8 Å². The third-order valence-corrected chi connectivity index (χ3v) is 9.28. The molecule has 3 amide bonds. The van der Waals surface area contributed by atoms with Crippen molar-refractivity contribution in [1.29, 1.82) is 0 Å². The van der Waals surface area contributed by atoms with Gasteiger partial charge in [-0.15, -0.1) is 0 Å². The van der Waals surface area contributed by atoms with Crippen LogP contribution in [-0.2, 0) is 11.2 Å². The number of Topliss-reactive ketones (excluding diaryl/α,β-unsaturated/α-hetero) is 2. The Balaban J connectivity index is 1.21. The van der Waals surface area contributed by atoms with E-state index in [2.05, 4.69) is 16.0 Å². The second-order valence-electron chi connectivity index (χ2n) is 13.8. The summed E-state index contributed by atoms with van der Waals surface area (Å²) in [7, 11) is 5.95. The fraction of sp³-hybridized carbons (Fsp3) is 0.182. The van der Waals surface area contributed by atoms with E-state index in [1.54, 1.807) is 55.4 Å². The van der Waals surface area contributed by atoms with Gasteiger partial charge < -0.3 is 50.8 Å². The Bertz CT molecular complexity index is 2430. The van der Waals surface area contributed by atoms with Crippen molar-refractivity contribution >= 4 is 52.3 Å². The molecule has 7 N–H and O–H groups in total.